The van der Waals surface area contributed by atoms with Crippen LogP contribution in [0.3, 0.4) is 0 Å². The van der Waals surface area contributed by atoms with Crippen LogP contribution in [0, 0.1) is 11.3 Å². The monoisotopic (exact) mass is 301 g/mol. The molecule has 0 radical (unpaired) electrons. The number of nitrogens with zero attached hydrogens (tertiary/aromatic N) is 4. The molecule has 0 unspecified atom stereocenters. The van der Waals surface area contributed by atoms with Crippen LogP contribution in [0.5, 0.6) is 0 Å². The normalized spacial score (nSPS) is 11.0. The van der Waals surface area contributed by atoms with E-state index in [1.165, 1.54) is 6.92 Å². The van der Waals surface area contributed by atoms with Gasteiger partial charge in [-0.15, -0.1) is 0 Å². The average Bonchev–Trinajstić information content (AvgIpc) is 2.84. The molecule has 110 valence electrons. The lowest BCUT2D eigenvalue weighted by Gasteiger charge is -2.03. The molecule has 0 bridgehead atoms. The first-order valence-electron chi connectivity index (χ1n) is 7.05. The molecule has 0 spiro atoms. The van der Waals surface area contributed by atoms with Gasteiger partial charge in [-0.3, -0.25) is 9.20 Å². The first-order chi connectivity index (χ1) is 11.2. The standard InChI is InChI=1S/C17H11N5O/c1-10(23)19-11-6-7-22-15(8-11)12(9-18)16-17(22)21-14-5-3-2-4-13(14)20-16/h2-8H,1H3,(H,19,23). The number of amides is 1. The van der Waals surface area contributed by atoms with Crippen LogP contribution in [0.1, 0.15) is 12.5 Å². The number of benzene rings is 1. The van der Waals surface area contributed by atoms with Crippen LogP contribution in [-0.2, 0) is 4.79 Å². The molecule has 3 heterocycles. The molecule has 3 aromatic heterocycles. The third-order valence-electron chi connectivity index (χ3n) is 3.66. The van der Waals surface area contributed by atoms with E-state index in [1.807, 2.05) is 28.7 Å². The van der Waals surface area contributed by atoms with Crippen LogP contribution in [-0.4, -0.2) is 20.3 Å². The van der Waals surface area contributed by atoms with Crippen molar-refractivity contribution in [1.29, 1.82) is 5.26 Å². The summed E-state index contributed by atoms with van der Waals surface area (Å²) in [4.78, 5) is 20.4. The Kier molecular flexibility index (Phi) is 2.75. The number of hydrogen-bond acceptors (Lipinski definition) is 4. The Bertz CT molecular complexity index is 1140. The lowest BCUT2D eigenvalue weighted by molar-refractivity contribution is -0.114. The Morgan fingerprint density at radius 1 is 1.22 bits per heavy atom. The molecule has 4 rings (SSSR count). The third-order valence-corrected chi connectivity index (χ3v) is 3.66. The predicted molar refractivity (Wildman–Crippen MR) is 87.0 cm³/mol. The fourth-order valence-corrected chi connectivity index (χ4v) is 2.72. The molecule has 23 heavy (non-hydrogen) atoms. The fraction of sp³-hybridized carbons (Fsp3) is 0.0588. The molecule has 0 atom stereocenters. The predicted octanol–water partition coefficient (Wildman–Crippen LogP) is 2.87. The zero-order chi connectivity index (χ0) is 16.0. The van der Waals surface area contributed by atoms with Crippen molar-refractivity contribution in [1.82, 2.24) is 14.4 Å². The Hall–Kier alpha value is -3.46. The van der Waals surface area contributed by atoms with Crippen molar-refractivity contribution in [3.63, 3.8) is 0 Å². The fourth-order valence-electron chi connectivity index (χ4n) is 2.72. The Balaban J connectivity index is 2.12. The maximum absolute atomic E-state index is 11.2. The van der Waals surface area contributed by atoms with Crippen LogP contribution in [0.2, 0.25) is 0 Å². The number of pyridine rings is 1. The van der Waals surface area contributed by atoms with Gasteiger partial charge in [0.25, 0.3) is 0 Å². The Morgan fingerprint density at radius 3 is 2.65 bits per heavy atom. The summed E-state index contributed by atoms with van der Waals surface area (Å²) in [5, 5.41) is 12.3. The number of para-hydroxylation sites is 2. The summed E-state index contributed by atoms with van der Waals surface area (Å²) in [6, 6.07) is 13.3. The summed E-state index contributed by atoms with van der Waals surface area (Å²) in [6.45, 7) is 1.44. The molecular weight excluding hydrogens is 290 g/mol. The highest BCUT2D eigenvalue weighted by Gasteiger charge is 2.15. The Morgan fingerprint density at radius 2 is 1.96 bits per heavy atom. The lowest BCUT2D eigenvalue weighted by Crippen LogP contribution is -2.05. The van der Waals surface area contributed by atoms with E-state index < -0.39 is 0 Å². The van der Waals surface area contributed by atoms with E-state index in [4.69, 9.17) is 0 Å². The number of aromatic nitrogens is 3. The van der Waals surface area contributed by atoms with Crippen molar-refractivity contribution in [2.45, 2.75) is 6.92 Å². The highest BCUT2D eigenvalue weighted by Crippen LogP contribution is 2.27. The van der Waals surface area contributed by atoms with Gasteiger partial charge in [0.1, 0.15) is 17.1 Å². The summed E-state index contributed by atoms with van der Waals surface area (Å²) in [5.41, 5.74) is 4.46. The molecule has 6 heteroatoms. The second-order valence-corrected chi connectivity index (χ2v) is 5.22. The van der Waals surface area contributed by atoms with Gasteiger partial charge in [-0.1, -0.05) is 12.1 Å². The van der Waals surface area contributed by atoms with Gasteiger partial charge in [0, 0.05) is 18.8 Å². The molecule has 0 aliphatic heterocycles. The first kappa shape index (κ1) is 13.2. The molecule has 6 nitrogen and oxygen atoms in total. The van der Waals surface area contributed by atoms with Crippen molar-refractivity contribution < 1.29 is 4.79 Å². The maximum atomic E-state index is 11.2. The molecule has 0 aliphatic rings. The zero-order valence-electron chi connectivity index (χ0n) is 12.2. The van der Waals surface area contributed by atoms with Crippen molar-refractivity contribution in [3.05, 3.63) is 48.2 Å². The number of carbonyl (C=O) groups is 1. The molecule has 4 aromatic rings. The van der Waals surface area contributed by atoms with Gasteiger partial charge in [0.2, 0.25) is 5.91 Å². The van der Waals surface area contributed by atoms with E-state index in [1.54, 1.807) is 18.3 Å². The van der Waals surface area contributed by atoms with Gasteiger partial charge in [-0.25, -0.2) is 9.97 Å². The van der Waals surface area contributed by atoms with Crippen molar-refractivity contribution >= 4 is 39.3 Å². The summed E-state index contributed by atoms with van der Waals surface area (Å²) < 4.78 is 1.82. The van der Waals surface area contributed by atoms with Crippen LogP contribution in [0.4, 0.5) is 5.69 Å². The van der Waals surface area contributed by atoms with Gasteiger partial charge >= 0.3 is 0 Å². The molecular formula is C17H11N5O. The summed E-state index contributed by atoms with van der Waals surface area (Å²) >= 11 is 0. The number of nitrogens with one attached hydrogen (secondary N) is 1. The Labute approximate surface area is 131 Å². The molecule has 0 fully saturated rings. The molecule has 0 saturated heterocycles. The first-order valence-corrected chi connectivity index (χ1v) is 7.05. The van der Waals surface area contributed by atoms with Crippen molar-refractivity contribution in [3.8, 4) is 6.07 Å². The minimum absolute atomic E-state index is 0.161. The topological polar surface area (TPSA) is 83.1 Å². The largest absolute Gasteiger partial charge is 0.326 e. The number of fused-ring (bicyclic) bond motifs is 4. The smallest absolute Gasteiger partial charge is 0.221 e. The van der Waals surface area contributed by atoms with Gasteiger partial charge in [0.15, 0.2) is 5.65 Å². The second-order valence-electron chi connectivity index (χ2n) is 5.22. The van der Waals surface area contributed by atoms with E-state index >= 15 is 0 Å². The van der Waals surface area contributed by atoms with Crippen LogP contribution in [0.15, 0.2) is 42.6 Å². The van der Waals surface area contributed by atoms with Gasteiger partial charge < -0.3 is 5.32 Å². The van der Waals surface area contributed by atoms with E-state index in [0.717, 1.165) is 11.0 Å². The van der Waals surface area contributed by atoms with E-state index in [2.05, 4.69) is 21.4 Å². The highest BCUT2D eigenvalue weighted by atomic mass is 16.1. The van der Waals surface area contributed by atoms with E-state index in [-0.39, 0.29) is 5.91 Å². The number of anilines is 1. The van der Waals surface area contributed by atoms with E-state index in [0.29, 0.717) is 27.9 Å². The molecule has 1 amide bonds. The van der Waals surface area contributed by atoms with Crippen LogP contribution < -0.4 is 5.32 Å². The number of rotatable bonds is 1. The third kappa shape index (κ3) is 1.99. The number of hydrogen-bond donors (Lipinski definition) is 1. The van der Waals surface area contributed by atoms with Gasteiger partial charge in [0.05, 0.1) is 16.6 Å². The number of carbonyl (C=O) groups excluding carboxylic acids is 1. The zero-order valence-corrected chi connectivity index (χ0v) is 12.2. The summed E-state index contributed by atoms with van der Waals surface area (Å²) in [6.07, 6.45) is 1.78. The van der Waals surface area contributed by atoms with Gasteiger partial charge in [-0.05, 0) is 24.3 Å². The lowest BCUT2D eigenvalue weighted by atomic mass is 10.2. The number of nitriles is 1. The van der Waals surface area contributed by atoms with Gasteiger partial charge in [-0.2, -0.15) is 5.26 Å². The van der Waals surface area contributed by atoms with Crippen LogP contribution in [0.25, 0.3) is 27.7 Å². The molecule has 1 aromatic carbocycles. The second kappa shape index (κ2) is 4.78. The highest BCUT2D eigenvalue weighted by molar-refractivity contribution is 5.96. The SMILES string of the molecule is CC(=O)Nc1ccn2c(c1)c(C#N)c1nc3ccccc3nc12. The van der Waals surface area contributed by atoms with Crippen LogP contribution >= 0.6 is 0 Å². The minimum atomic E-state index is -0.161. The average molecular weight is 301 g/mol. The maximum Gasteiger partial charge on any atom is 0.221 e. The molecule has 1 N–H and O–H groups in total. The quantitative estimate of drug-likeness (QED) is 0.586. The van der Waals surface area contributed by atoms with Crippen molar-refractivity contribution in [2.24, 2.45) is 0 Å². The van der Waals surface area contributed by atoms with Crippen molar-refractivity contribution in [2.75, 3.05) is 5.32 Å². The molecule has 0 saturated carbocycles. The minimum Gasteiger partial charge on any atom is -0.326 e. The summed E-state index contributed by atoms with van der Waals surface area (Å²) in [7, 11) is 0. The van der Waals surface area contributed by atoms with E-state index in [9.17, 15) is 10.1 Å². The molecule has 0 aliphatic carbocycles. The summed E-state index contributed by atoms with van der Waals surface area (Å²) in [5.74, 6) is -0.161.